The minimum Gasteiger partial charge on any atom is -0.382 e. The van der Waals surface area contributed by atoms with Crippen molar-refractivity contribution in [3.8, 4) is 6.07 Å². The van der Waals surface area contributed by atoms with Crippen molar-refractivity contribution in [2.75, 3.05) is 25.1 Å². The Balaban J connectivity index is 2.00. The zero-order chi connectivity index (χ0) is 12.1. The minimum atomic E-state index is 0.251. The Bertz CT molecular complexity index is 419. The summed E-state index contributed by atoms with van der Waals surface area (Å²) in [5.74, 6) is 0. The molecule has 1 fully saturated rings. The number of nitrogens with zero attached hydrogens (tertiary/aromatic N) is 2. The minimum absolute atomic E-state index is 0.251. The summed E-state index contributed by atoms with van der Waals surface area (Å²) in [4.78, 5) is 4.04. The molecule has 0 saturated carbocycles. The van der Waals surface area contributed by atoms with Crippen molar-refractivity contribution in [3.63, 3.8) is 0 Å². The van der Waals surface area contributed by atoms with E-state index in [1.165, 1.54) is 0 Å². The maximum Gasteiger partial charge on any atom is 0.163 e. The topological polar surface area (TPSA) is 57.9 Å². The highest BCUT2D eigenvalue weighted by Gasteiger charge is 2.27. The summed E-state index contributed by atoms with van der Waals surface area (Å²) in [6, 6.07) is 5.84. The van der Waals surface area contributed by atoms with Gasteiger partial charge in [0, 0.05) is 26.0 Å². The molecule has 0 aromatic carbocycles. The van der Waals surface area contributed by atoms with E-state index < -0.39 is 0 Å². The molecule has 1 aliphatic rings. The van der Waals surface area contributed by atoms with Gasteiger partial charge in [-0.2, -0.15) is 5.26 Å². The lowest BCUT2D eigenvalue weighted by atomic mass is 9.82. The average Bonchev–Trinajstić information content (AvgIpc) is 2.38. The van der Waals surface area contributed by atoms with E-state index in [9.17, 15) is 0 Å². The number of anilines is 1. The van der Waals surface area contributed by atoms with E-state index in [0.29, 0.717) is 5.69 Å². The fraction of sp³-hybridized carbons (Fsp3) is 0.538. The summed E-state index contributed by atoms with van der Waals surface area (Å²) < 4.78 is 5.37. The second kappa shape index (κ2) is 5.15. The van der Waals surface area contributed by atoms with Gasteiger partial charge in [0.2, 0.25) is 0 Å². The van der Waals surface area contributed by atoms with Crippen LogP contribution in [0.1, 0.15) is 25.5 Å². The Morgan fingerprint density at radius 3 is 3.00 bits per heavy atom. The zero-order valence-electron chi connectivity index (χ0n) is 10.1. The van der Waals surface area contributed by atoms with Crippen LogP contribution in [0.15, 0.2) is 18.3 Å². The highest BCUT2D eigenvalue weighted by molar-refractivity contribution is 5.53. The largest absolute Gasteiger partial charge is 0.382 e. The molecule has 4 nitrogen and oxygen atoms in total. The first kappa shape index (κ1) is 11.9. The molecule has 1 N–H and O–H groups in total. The SMILES string of the molecule is CC1(CNc2cccnc2C#N)CCOCC1. The second-order valence-electron chi connectivity index (χ2n) is 4.79. The van der Waals surface area contributed by atoms with Crippen LogP contribution in [0.4, 0.5) is 5.69 Å². The number of nitrogens with one attached hydrogen (secondary N) is 1. The third-order valence-electron chi connectivity index (χ3n) is 3.32. The fourth-order valence-electron chi connectivity index (χ4n) is 1.99. The van der Waals surface area contributed by atoms with Crippen LogP contribution in [0, 0.1) is 16.7 Å². The van der Waals surface area contributed by atoms with Crippen molar-refractivity contribution < 1.29 is 4.74 Å². The molecule has 1 saturated heterocycles. The normalized spacial score (nSPS) is 18.4. The molecule has 17 heavy (non-hydrogen) atoms. The number of aromatic nitrogens is 1. The summed E-state index contributed by atoms with van der Waals surface area (Å²) in [7, 11) is 0. The van der Waals surface area contributed by atoms with Gasteiger partial charge in [0.15, 0.2) is 5.69 Å². The summed E-state index contributed by atoms with van der Waals surface area (Å²) in [6.07, 6.45) is 3.75. The summed E-state index contributed by atoms with van der Waals surface area (Å²) in [6.45, 7) is 4.77. The van der Waals surface area contributed by atoms with Crippen molar-refractivity contribution in [2.45, 2.75) is 19.8 Å². The number of nitriles is 1. The zero-order valence-corrected chi connectivity index (χ0v) is 10.1. The predicted molar refractivity (Wildman–Crippen MR) is 65.6 cm³/mol. The van der Waals surface area contributed by atoms with E-state index in [1.54, 1.807) is 6.20 Å². The molecule has 1 aromatic rings. The third kappa shape index (κ3) is 2.95. The Labute approximate surface area is 102 Å². The van der Waals surface area contributed by atoms with Crippen molar-refractivity contribution in [1.29, 1.82) is 5.26 Å². The summed E-state index contributed by atoms with van der Waals surface area (Å²) >= 11 is 0. The molecular weight excluding hydrogens is 214 g/mol. The van der Waals surface area contributed by atoms with E-state index >= 15 is 0 Å². The Kier molecular flexibility index (Phi) is 3.60. The van der Waals surface area contributed by atoms with Crippen LogP contribution in [0.3, 0.4) is 0 Å². The number of hydrogen-bond donors (Lipinski definition) is 1. The van der Waals surface area contributed by atoms with Gasteiger partial charge in [-0.1, -0.05) is 6.92 Å². The van der Waals surface area contributed by atoms with E-state index in [-0.39, 0.29) is 5.41 Å². The van der Waals surface area contributed by atoms with Gasteiger partial charge in [-0.05, 0) is 30.4 Å². The molecule has 1 aromatic heterocycles. The first-order chi connectivity index (χ1) is 8.23. The van der Waals surface area contributed by atoms with Crippen LogP contribution in [0.2, 0.25) is 0 Å². The molecule has 0 atom stereocenters. The lowest BCUT2D eigenvalue weighted by Crippen LogP contribution is -2.33. The third-order valence-corrected chi connectivity index (χ3v) is 3.32. The first-order valence-electron chi connectivity index (χ1n) is 5.90. The van der Waals surface area contributed by atoms with E-state index in [2.05, 4.69) is 23.3 Å². The molecule has 90 valence electrons. The smallest absolute Gasteiger partial charge is 0.163 e. The molecule has 2 rings (SSSR count). The molecule has 0 aliphatic carbocycles. The van der Waals surface area contributed by atoms with E-state index in [4.69, 9.17) is 10.00 Å². The van der Waals surface area contributed by atoms with Crippen molar-refractivity contribution in [3.05, 3.63) is 24.0 Å². The van der Waals surface area contributed by atoms with Crippen molar-refractivity contribution in [2.24, 2.45) is 5.41 Å². The van der Waals surface area contributed by atoms with Gasteiger partial charge in [0.05, 0.1) is 5.69 Å². The Morgan fingerprint density at radius 2 is 2.29 bits per heavy atom. The van der Waals surface area contributed by atoms with Crippen molar-refractivity contribution in [1.82, 2.24) is 4.98 Å². The average molecular weight is 231 g/mol. The molecule has 4 heteroatoms. The van der Waals surface area contributed by atoms with Gasteiger partial charge in [0.1, 0.15) is 6.07 Å². The van der Waals surface area contributed by atoms with Gasteiger partial charge < -0.3 is 10.1 Å². The van der Waals surface area contributed by atoms with Crippen molar-refractivity contribution >= 4 is 5.69 Å². The maximum absolute atomic E-state index is 8.95. The molecule has 0 amide bonds. The molecular formula is C13H17N3O. The standard InChI is InChI=1S/C13H17N3O/c1-13(4-7-17-8-5-13)10-16-11-3-2-6-15-12(11)9-14/h2-3,6,16H,4-5,7-8,10H2,1H3. The molecule has 1 aliphatic heterocycles. The summed E-state index contributed by atoms with van der Waals surface area (Å²) in [5, 5.41) is 12.3. The van der Waals surface area contributed by atoms with Gasteiger partial charge in [-0.25, -0.2) is 4.98 Å². The van der Waals surface area contributed by atoms with Crippen LogP contribution in [-0.2, 0) is 4.74 Å². The number of ether oxygens (including phenoxy) is 1. The maximum atomic E-state index is 8.95. The number of hydrogen-bond acceptors (Lipinski definition) is 4. The van der Waals surface area contributed by atoms with Crippen LogP contribution < -0.4 is 5.32 Å². The quantitative estimate of drug-likeness (QED) is 0.866. The predicted octanol–water partition coefficient (Wildman–Crippen LogP) is 2.18. The fourth-order valence-corrected chi connectivity index (χ4v) is 1.99. The van der Waals surface area contributed by atoms with Crippen LogP contribution in [0.5, 0.6) is 0 Å². The highest BCUT2D eigenvalue weighted by Crippen LogP contribution is 2.30. The van der Waals surface area contributed by atoms with Gasteiger partial charge >= 0.3 is 0 Å². The summed E-state index contributed by atoms with van der Waals surface area (Å²) in [5.41, 5.74) is 1.53. The Hall–Kier alpha value is -1.60. The molecule has 0 bridgehead atoms. The molecule has 0 unspecified atom stereocenters. The van der Waals surface area contributed by atoms with Crippen LogP contribution in [0.25, 0.3) is 0 Å². The Morgan fingerprint density at radius 1 is 1.53 bits per heavy atom. The second-order valence-corrected chi connectivity index (χ2v) is 4.79. The number of rotatable bonds is 3. The van der Waals surface area contributed by atoms with Gasteiger partial charge in [0.25, 0.3) is 0 Å². The van der Waals surface area contributed by atoms with Gasteiger partial charge in [-0.15, -0.1) is 0 Å². The van der Waals surface area contributed by atoms with Gasteiger partial charge in [-0.3, -0.25) is 0 Å². The van der Waals surface area contributed by atoms with E-state index in [1.807, 2.05) is 12.1 Å². The lowest BCUT2D eigenvalue weighted by molar-refractivity contribution is 0.0300. The number of pyridine rings is 1. The first-order valence-corrected chi connectivity index (χ1v) is 5.90. The van der Waals surface area contributed by atoms with Crippen LogP contribution in [-0.4, -0.2) is 24.7 Å². The lowest BCUT2D eigenvalue weighted by Gasteiger charge is -2.33. The molecule has 0 radical (unpaired) electrons. The van der Waals surface area contributed by atoms with E-state index in [0.717, 1.165) is 38.3 Å². The molecule has 2 heterocycles. The monoisotopic (exact) mass is 231 g/mol. The highest BCUT2D eigenvalue weighted by atomic mass is 16.5. The molecule has 0 spiro atoms. The van der Waals surface area contributed by atoms with Crippen LogP contribution >= 0.6 is 0 Å².